The average molecular weight is 229 g/mol. The molecule has 0 aliphatic carbocycles. The van der Waals surface area contributed by atoms with Crippen molar-refractivity contribution in [2.24, 2.45) is 0 Å². The van der Waals surface area contributed by atoms with E-state index in [9.17, 15) is 9.59 Å². The first-order valence-corrected chi connectivity index (χ1v) is 5.17. The minimum Gasteiger partial charge on any atom is -0.480 e. The molecule has 0 fully saturated rings. The SMILES string of the molecule is O=C(Cc1cccs1)N[C@H](CO)C(=O)O. The largest absolute Gasteiger partial charge is 0.480 e. The highest BCUT2D eigenvalue weighted by molar-refractivity contribution is 7.10. The third-order valence-electron chi connectivity index (χ3n) is 1.73. The Balaban J connectivity index is 2.45. The van der Waals surface area contributed by atoms with E-state index in [4.69, 9.17) is 10.2 Å². The minimum atomic E-state index is -1.24. The Morgan fingerprint density at radius 1 is 1.53 bits per heavy atom. The molecule has 3 N–H and O–H groups in total. The smallest absolute Gasteiger partial charge is 0.328 e. The molecule has 6 heteroatoms. The molecule has 1 heterocycles. The van der Waals surface area contributed by atoms with Gasteiger partial charge in [-0.15, -0.1) is 11.3 Å². The molecule has 1 aromatic rings. The third-order valence-corrected chi connectivity index (χ3v) is 2.61. The summed E-state index contributed by atoms with van der Waals surface area (Å²) < 4.78 is 0. The van der Waals surface area contributed by atoms with Gasteiger partial charge in [0.25, 0.3) is 0 Å². The van der Waals surface area contributed by atoms with Gasteiger partial charge in [0.05, 0.1) is 13.0 Å². The van der Waals surface area contributed by atoms with Crippen molar-refractivity contribution < 1.29 is 19.8 Å². The Kier molecular flexibility index (Phi) is 4.26. The second kappa shape index (κ2) is 5.47. The number of carbonyl (C=O) groups excluding carboxylic acids is 1. The molecule has 0 spiro atoms. The highest BCUT2D eigenvalue weighted by Gasteiger charge is 2.18. The highest BCUT2D eigenvalue weighted by atomic mass is 32.1. The second-order valence-electron chi connectivity index (χ2n) is 2.90. The predicted molar refractivity (Wildman–Crippen MR) is 54.7 cm³/mol. The summed E-state index contributed by atoms with van der Waals surface area (Å²) in [6.45, 7) is -0.606. The Hall–Kier alpha value is -1.40. The maximum absolute atomic E-state index is 11.3. The van der Waals surface area contributed by atoms with Gasteiger partial charge < -0.3 is 15.5 Å². The van der Waals surface area contributed by atoms with E-state index < -0.39 is 24.5 Å². The van der Waals surface area contributed by atoms with E-state index in [2.05, 4.69) is 5.32 Å². The summed E-state index contributed by atoms with van der Waals surface area (Å²) in [5.41, 5.74) is 0. The summed E-state index contributed by atoms with van der Waals surface area (Å²) in [4.78, 5) is 22.7. The summed E-state index contributed by atoms with van der Waals surface area (Å²) >= 11 is 1.42. The average Bonchev–Trinajstić information content (AvgIpc) is 2.66. The van der Waals surface area contributed by atoms with Crippen LogP contribution in [-0.4, -0.2) is 34.7 Å². The van der Waals surface area contributed by atoms with Crippen LogP contribution in [0, 0.1) is 0 Å². The molecule has 0 saturated carbocycles. The van der Waals surface area contributed by atoms with Crippen molar-refractivity contribution in [3.63, 3.8) is 0 Å². The van der Waals surface area contributed by atoms with Gasteiger partial charge in [-0.05, 0) is 11.4 Å². The van der Waals surface area contributed by atoms with Crippen molar-refractivity contribution >= 4 is 23.2 Å². The zero-order valence-corrected chi connectivity index (χ0v) is 8.66. The lowest BCUT2D eigenvalue weighted by Crippen LogP contribution is -2.43. The summed E-state index contributed by atoms with van der Waals surface area (Å²) in [6.07, 6.45) is 0.140. The molecule has 0 radical (unpaired) electrons. The van der Waals surface area contributed by atoms with Crippen LogP contribution in [0.5, 0.6) is 0 Å². The number of aliphatic hydroxyl groups excluding tert-OH is 1. The van der Waals surface area contributed by atoms with E-state index in [0.717, 1.165) is 4.88 Å². The fraction of sp³-hybridized carbons (Fsp3) is 0.333. The molecule has 82 valence electrons. The van der Waals surface area contributed by atoms with Gasteiger partial charge >= 0.3 is 5.97 Å². The zero-order valence-electron chi connectivity index (χ0n) is 7.84. The van der Waals surface area contributed by atoms with Gasteiger partial charge in [-0.2, -0.15) is 0 Å². The van der Waals surface area contributed by atoms with Crippen molar-refractivity contribution in [2.45, 2.75) is 12.5 Å². The number of aliphatic hydroxyl groups is 1. The molecule has 1 aromatic heterocycles. The van der Waals surface area contributed by atoms with Gasteiger partial charge in [0, 0.05) is 4.88 Å². The molecule has 0 saturated heterocycles. The van der Waals surface area contributed by atoms with Crippen molar-refractivity contribution in [3.8, 4) is 0 Å². The quantitative estimate of drug-likeness (QED) is 0.655. The monoisotopic (exact) mass is 229 g/mol. The van der Waals surface area contributed by atoms with Crippen molar-refractivity contribution in [3.05, 3.63) is 22.4 Å². The standard InChI is InChI=1S/C9H11NO4S/c11-5-7(9(13)14)10-8(12)4-6-2-1-3-15-6/h1-3,7,11H,4-5H2,(H,10,12)(H,13,14)/t7-/m1/s1. The van der Waals surface area contributed by atoms with Crippen LogP contribution in [-0.2, 0) is 16.0 Å². The molecule has 0 aliphatic rings. The van der Waals surface area contributed by atoms with Crippen LogP contribution < -0.4 is 5.32 Å². The Morgan fingerprint density at radius 3 is 2.73 bits per heavy atom. The topological polar surface area (TPSA) is 86.6 Å². The number of carbonyl (C=O) groups is 2. The first kappa shape index (κ1) is 11.7. The van der Waals surface area contributed by atoms with E-state index in [1.807, 2.05) is 11.4 Å². The van der Waals surface area contributed by atoms with Gasteiger partial charge in [0.15, 0.2) is 0 Å². The molecule has 0 unspecified atom stereocenters. The molecule has 1 atom stereocenters. The summed E-state index contributed by atoms with van der Waals surface area (Å²) in [7, 11) is 0. The molecule has 15 heavy (non-hydrogen) atoms. The van der Waals surface area contributed by atoms with Crippen LogP contribution in [0.4, 0.5) is 0 Å². The Labute approximate surface area is 90.4 Å². The lowest BCUT2D eigenvalue weighted by molar-refractivity contribution is -0.142. The summed E-state index contributed by atoms with van der Waals surface area (Å²) in [5, 5.41) is 21.3. The lowest BCUT2D eigenvalue weighted by atomic mass is 10.2. The summed E-state index contributed by atoms with van der Waals surface area (Å²) in [5.74, 6) is -1.64. The number of carboxylic acid groups (broad SMARTS) is 1. The van der Waals surface area contributed by atoms with Crippen molar-refractivity contribution in [1.82, 2.24) is 5.32 Å². The number of hydrogen-bond acceptors (Lipinski definition) is 4. The van der Waals surface area contributed by atoms with Crippen LogP contribution in [0.25, 0.3) is 0 Å². The lowest BCUT2D eigenvalue weighted by Gasteiger charge is -2.10. The molecule has 5 nitrogen and oxygen atoms in total. The number of aliphatic carboxylic acids is 1. The number of amides is 1. The number of rotatable bonds is 5. The number of carboxylic acids is 1. The van der Waals surface area contributed by atoms with E-state index >= 15 is 0 Å². The number of nitrogens with one attached hydrogen (secondary N) is 1. The highest BCUT2D eigenvalue weighted by Crippen LogP contribution is 2.08. The predicted octanol–water partition coefficient (Wildman–Crippen LogP) is -0.148. The van der Waals surface area contributed by atoms with Gasteiger partial charge in [-0.25, -0.2) is 4.79 Å². The van der Waals surface area contributed by atoms with Gasteiger partial charge in [0.2, 0.25) is 5.91 Å². The molecule has 1 amide bonds. The zero-order chi connectivity index (χ0) is 11.3. The van der Waals surface area contributed by atoms with Crippen molar-refractivity contribution in [1.29, 1.82) is 0 Å². The van der Waals surface area contributed by atoms with E-state index in [-0.39, 0.29) is 6.42 Å². The van der Waals surface area contributed by atoms with Crippen LogP contribution >= 0.6 is 11.3 Å². The van der Waals surface area contributed by atoms with E-state index in [1.54, 1.807) is 6.07 Å². The molecule has 0 aliphatic heterocycles. The number of hydrogen-bond donors (Lipinski definition) is 3. The normalized spacial score (nSPS) is 12.1. The first-order valence-electron chi connectivity index (χ1n) is 4.29. The van der Waals surface area contributed by atoms with Crippen LogP contribution in [0.15, 0.2) is 17.5 Å². The third kappa shape index (κ3) is 3.69. The van der Waals surface area contributed by atoms with Crippen molar-refractivity contribution in [2.75, 3.05) is 6.61 Å². The maximum atomic E-state index is 11.3. The van der Waals surface area contributed by atoms with E-state index in [1.165, 1.54) is 11.3 Å². The first-order chi connectivity index (χ1) is 7.13. The minimum absolute atomic E-state index is 0.140. The van der Waals surface area contributed by atoms with Crippen LogP contribution in [0.3, 0.4) is 0 Å². The molecule has 1 rings (SSSR count). The number of thiophene rings is 1. The fourth-order valence-corrected chi connectivity index (χ4v) is 1.71. The maximum Gasteiger partial charge on any atom is 0.328 e. The molecule has 0 aromatic carbocycles. The molecular weight excluding hydrogens is 218 g/mol. The van der Waals surface area contributed by atoms with Gasteiger partial charge in [0.1, 0.15) is 6.04 Å². The summed E-state index contributed by atoms with van der Waals surface area (Å²) in [6, 6.07) is 2.38. The van der Waals surface area contributed by atoms with Crippen LogP contribution in [0.1, 0.15) is 4.88 Å². The van der Waals surface area contributed by atoms with Crippen LogP contribution in [0.2, 0.25) is 0 Å². The van der Waals surface area contributed by atoms with Gasteiger partial charge in [-0.1, -0.05) is 6.07 Å². The Bertz CT molecular complexity index is 336. The second-order valence-corrected chi connectivity index (χ2v) is 3.93. The van der Waals surface area contributed by atoms with Gasteiger partial charge in [-0.3, -0.25) is 4.79 Å². The Morgan fingerprint density at radius 2 is 2.27 bits per heavy atom. The van der Waals surface area contributed by atoms with E-state index in [0.29, 0.717) is 0 Å². The molecular formula is C9H11NO4S. The fourth-order valence-electron chi connectivity index (χ4n) is 1.00. The molecule has 0 bridgehead atoms.